The van der Waals surface area contributed by atoms with Crippen LogP contribution in [0.2, 0.25) is 0 Å². The Morgan fingerprint density at radius 1 is 0.882 bits per heavy atom. The van der Waals surface area contributed by atoms with Gasteiger partial charge in [-0.2, -0.15) is 0 Å². The third kappa shape index (κ3) is 10.3. The average molecular weight is 502 g/mol. The first-order chi connectivity index (χ1) is 16.1. The first kappa shape index (κ1) is 29.2. The van der Waals surface area contributed by atoms with Crippen molar-refractivity contribution in [2.45, 2.75) is 52.6 Å². The fourth-order valence-electron chi connectivity index (χ4n) is 4.30. The molecule has 0 bridgehead atoms. The number of aliphatic hydroxyl groups is 2. The van der Waals surface area contributed by atoms with Gasteiger partial charge in [-0.25, -0.2) is 0 Å². The Kier molecular flexibility index (Phi) is 12.5. The summed E-state index contributed by atoms with van der Waals surface area (Å²) in [5, 5.41) is 30.3. The highest BCUT2D eigenvalue weighted by atomic mass is 31.2. The van der Waals surface area contributed by atoms with Gasteiger partial charge in [0.1, 0.15) is 5.75 Å². The third-order valence-corrected chi connectivity index (χ3v) is 7.86. The lowest BCUT2D eigenvalue weighted by molar-refractivity contribution is 0.102. The van der Waals surface area contributed by atoms with Crippen molar-refractivity contribution in [3.05, 3.63) is 29.3 Å². The molecule has 0 spiro atoms. The van der Waals surface area contributed by atoms with Crippen molar-refractivity contribution in [2.75, 3.05) is 65.6 Å². The van der Waals surface area contributed by atoms with Crippen molar-refractivity contribution in [3.63, 3.8) is 0 Å². The predicted molar refractivity (Wildman–Crippen MR) is 134 cm³/mol. The Balaban J connectivity index is 2.16. The minimum absolute atomic E-state index is 0.159. The Hall–Kier alpha value is -1.03. The Morgan fingerprint density at radius 3 is 1.79 bits per heavy atom. The number of hydrogen-bond donors (Lipinski definition) is 3. The summed E-state index contributed by atoms with van der Waals surface area (Å²) in [7, 11) is -3.24. The van der Waals surface area contributed by atoms with Crippen LogP contribution >= 0.6 is 7.60 Å². The molecule has 196 valence electrons. The van der Waals surface area contributed by atoms with Gasteiger partial charge in [-0.15, -0.1) is 0 Å². The van der Waals surface area contributed by atoms with Gasteiger partial charge in [-0.3, -0.25) is 19.3 Å². The first-order valence-corrected chi connectivity index (χ1v) is 14.1. The zero-order valence-electron chi connectivity index (χ0n) is 21.2. The van der Waals surface area contributed by atoms with Gasteiger partial charge in [0.15, 0.2) is 0 Å². The van der Waals surface area contributed by atoms with E-state index in [-0.39, 0.29) is 11.9 Å². The van der Waals surface area contributed by atoms with Crippen LogP contribution in [0.25, 0.3) is 0 Å². The van der Waals surface area contributed by atoms with E-state index in [1.165, 1.54) is 0 Å². The van der Waals surface area contributed by atoms with Crippen LogP contribution in [-0.4, -0.2) is 108 Å². The summed E-state index contributed by atoms with van der Waals surface area (Å²) in [6.45, 7) is 14.4. The number of rotatable bonds is 12. The lowest BCUT2D eigenvalue weighted by Crippen LogP contribution is -2.41. The molecular formula is C24H44N3O6P. The molecule has 0 aliphatic carbocycles. The van der Waals surface area contributed by atoms with Gasteiger partial charge in [-0.1, -0.05) is 12.1 Å². The summed E-state index contributed by atoms with van der Waals surface area (Å²) in [5.41, 5.74) is 1.56. The van der Waals surface area contributed by atoms with Gasteiger partial charge in [0.05, 0.1) is 31.6 Å². The standard InChI is InChI=1S/C24H44N3O6P/c1-5-32-34(31,33-6-2)19-22-7-8-24(30)23(15-22)18-27-13-11-25(16-20(3)28)9-10-26(12-14-27)17-21(4)29/h7-8,15,20-21,28-30H,5-6,9-14,16-19H2,1-4H3/t20-,21-/m0/s1. The Bertz CT molecular complexity index is 747. The molecule has 10 heteroatoms. The second-order valence-electron chi connectivity index (χ2n) is 9.14. The summed E-state index contributed by atoms with van der Waals surface area (Å²) in [5.74, 6) is 0.202. The molecule has 9 nitrogen and oxygen atoms in total. The van der Waals surface area contributed by atoms with Crippen LogP contribution in [0, 0.1) is 0 Å². The molecule has 1 saturated heterocycles. The molecule has 0 unspecified atom stereocenters. The van der Waals surface area contributed by atoms with E-state index in [4.69, 9.17) is 9.05 Å². The second kappa shape index (κ2) is 14.5. The predicted octanol–water partition coefficient (Wildman–Crippen LogP) is 2.34. The normalized spacial score (nSPS) is 19.4. The molecule has 0 aromatic heterocycles. The highest BCUT2D eigenvalue weighted by Crippen LogP contribution is 2.51. The molecule has 1 aromatic carbocycles. The van der Waals surface area contributed by atoms with E-state index in [1.54, 1.807) is 39.8 Å². The fraction of sp³-hybridized carbons (Fsp3) is 0.750. The third-order valence-electron chi connectivity index (χ3n) is 5.81. The smallest absolute Gasteiger partial charge is 0.335 e. The van der Waals surface area contributed by atoms with Crippen LogP contribution in [0.5, 0.6) is 5.75 Å². The largest absolute Gasteiger partial charge is 0.508 e. The van der Waals surface area contributed by atoms with Crippen LogP contribution in [0.3, 0.4) is 0 Å². The van der Waals surface area contributed by atoms with E-state index >= 15 is 0 Å². The summed E-state index contributed by atoms with van der Waals surface area (Å²) in [4.78, 5) is 6.77. The van der Waals surface area contributed by atoms with E-state index in [1.807, 2.05) is 6.07 Å². The first-order valence-electron chi connectivity index (χ1n) is 12.4. The SMILES string of the molecule is CCOP(=O)(Cc1ccc(O)c(CN2CCN(C[C@H](C)O)CCN(C[C@H](C)O)CC2)c1)OCC. The number of phenols is 1. The molecule has 0 radical (unpaired) electrons. The molecule has 2 atom stereocenters. The maximum Gasteiger partial charge on any atom is 0.335 e. The number of hydrogen-bond acceptors (Lipinski definition) is 9. The molecule has 1 aliphatic rings. The maximum atomic E-state index is 13.0. The molecular weight excluding hydrogens is 457 g/mol. The summed E-state index contributed by atoms with van der Waals surface area (Å²) in [6.07, 6.45) is -0.662. The molecule has 1 heterocycles. The van der Waals surface area contributed by atoms with E-state index < -0.39 is 19.8 Å². The number of aromatic hydroxyl groups is 1. The van der Waals surface area contributed by atoms with E-state index in [0.29, 0.717) is 32.8 Å². The molecule has 1 fully saturated rings. The topological polar surface area (TPSA) is 106 Å². The Labute approximate surface area is 204 Å². The van der Waals surface area contributed by atoms with Crippen LogP contribution in [0.15, 0.2) is 18.2 Å². The van der Waals surface area contributed by atoms with E-state index in [0.717, 1.165) is 50.4 Å². The van der Waals surface area contributed by atoms with Gasteiger partial charge in [0, 0.05) is 64.5 Å². The van der Waals surface area contributed by atoms with E-state index in [9.17, 15) is 19.9 Å². The van der Waals surface area contributed by atoms with Gasteiger partial charge in [0.2, 0.25) is 0 Å². The molecule has 0 amide bonds. The zero-order chi connectivity index (χ0) is 25.1. The van der Waals surface area contributed by atoms with Crippen molar-refractivity contribution in [1.82, 2.24) is 14.7 Å². The average Bonchev–Trinajstić information content (AvgIpc) is 2.82. The van der Waals surface area contributed by atoms with Crippen LogP contribution in [0.1, 0.15) is 38.8 Å². The monoisotopic (exact) mass is 501 g/mol. The quantitative estimate of drug-likeness (QED) is 0.372. The van der Waals surface area contributed by atoms with Crippen LogP contribution < -0.4 is 0 Å². The van der Waals surface area contributed by atoms with Crippen molar-refractivity contribution >= 4 is 7.60 Å². The van der Waals surface area contributed by atoms with E-state index in [2.05, 4.69) is 14.7 Å². The highest BCUT2D eigenvalue weighted by molar-refractivity contribution is 7.53. The van der Waals surface area contributed by atoms with Crippen molar-refractivity contribution in [1.29, 1.82) is 0 Å². The fourth-order valence-corrected chi connectivity index (χ4v) is 5.99. The number of phenolic OH excluding ortho intramolecular Hbond substituents is 1. The summed E-state index contributed by atoms with van der Waals surface area (Å²) >= 11 is 0. The molecule has 2 rings (SSSR count). The summed E-state index contributed by atoms with van der Waals surface area (Å²) < 4.78 is 23.8. The number of aliphatic hydroxyl groups excluding tert-OH is 2. The number of β-amino-alcohol motifs (C(OH)–C–C–N with tert-alkyl or cyclic N) is 2. The lowest BCUT2D eigenvalue weighted by Gasteiger charge is -2.27. The molecule has 3 N–H and O–H groups in total. The minimum Gasteiger partial charge on any atom is -0.508 e. The van der Waals surface area contributed by atoms with Gasteiger partial charge in [-0.05, 0) is 39.3 Å². The second-order valence-corrected chi connectivity index (χ2v) is 11.2. The molecule has 1 aromatic rings. The minimum atomic E-state index is -3.24. The van der Waals surface area contributed by atoms with Crippen molar-refractivity contribution < 1.29 is 28.9 Å². The van der Waals surface area contributed by atoms with Crippen molar-refractivity contribution in [3.8, 4) is 5.75 Å². The number of benzene rings is 1. The molecule has 0 saturated carbocycles. The van der Waals surface area contributed by atoms with Crippen LogP contribution in [-0.2, 0) is 26.3 Å². The number of nitrogens with zero attached hydrogens (tertiary/aromatic N) is 3. The van der Waals surface area contributed by atoms with Gasteiger partial charge < -0.3 is 24.4 Å². The maximum absolute atomic E-state index is 13.0. The molecule has 34 heavy (non-hydrogen) atoms. The van der Waals surface area contributed by atoms with Crippen LogP contribution in [0.4, 0.5) is 0 Å². The van der Waals surface area contributed by atoms with Crippen molar-refractivity contribution in [2.24, 2.45) is 0 Å². The van der Waals surface area contributed by atoms with Gasteiger partial charge >= 0.3 is 7.60 Å². The van der Waals surface area contributed by atoms with Gasteiger partial charge in [0.25, 0.3) is 0 Å². The zero-order valence-corrected chi connectivity index (χ0v) is 22.1. The summed E-state index contributed by atoms with van der Waals surface area (Å²) in [6, 6.07) is 5.28. The molecule has 1 aliphatic heterocycles. The Morgan fingerprint density at radius 2 is 1.35 bits per heavy atom. The lowest BCUT2D eigenvalue weighted by atomic mass is 10.1. The highest BCUT2D eigenvalue weighted by Gasteiger charge is 2.25.